The molecule has 6 heterocycles. The maximum Gasteiger partial charge on any atom is 0.125 e. The smallest absolute Gasteiger partial charge is 0.125 e. The van der Waals surface area contributed by atoms with Crippen LogP contribution in [-0.2, 0) is 25.8 Å². The van der Waals surface area contributed by atoms with Gasteiger partial charge < -0.3 is 4.57 Å². The Morgan fingerprint density at radius 2 is 1.78 bits per heavy atom. The number of thiophene rings is 2. The summed E-state index contributed by atoms with van der Waals surface area (Å²) in [5.74, 6) is 0. The first-order valence-corrected chi connectivity index (χ1v) is 16.9. The number of hydrogen-bond donors (Lipinski definition) is 0. The number of nitrogens with zero attached hydrogens (tertiary/aromatic N) is 4. The molecule has 5 aromatic heterocycles. The lowest BCUT2D eigenvalue weighted by Crippen LogP contribution is -2.01. The van der Waals surface area contributed by atoms with Crippen LogP contribution < -0.4 is 0 Å². The molecule has 0 amide bonds. The molecule has 0 saturated carbocycles. The summed E-state index contributed by atoms with van der Waals surface area (Å²) in [4.78, 5) is 9.44. The van der Waals surface area contributed by atoms with Crippen molar-refractivity contribution in [3.8, 4) is 38.1 Å². The van der Waals surface area contributed by atoms with Gasteiger partial charge in [0.1, 0.15) is 5.01 Å². The normalized spacial score (nSPS) is 14.8. The van der Waals surface area contributed by atoms with E-state index in [4.69, 9.17) is 4.98 Å². The average molecular weight is 589 g/mol. The van der Waals surface area contributed by atoms with E-state index in [2.05, 4.69) is 82.1 Å². The SMILES string of the molecule is Cc1cc2c(s1)CCCCc1ccn(-c3ccc4sc5c(-c6nc7c(s6)-c6ccnn6CCC7)cccc5c4c3)c1-2. The molecule has 2 aliphatic rings. The van der Waals surface area contributed by atoms with Gasteiger partial charge in [0.15, 0.2) is 0 Å². The lowest BCUT2D eigenvalue weighted by Gasteiger charge is -2.15. The van der Waals surface area contributed by atoms with Gasteiger partial charge in [-0.3, -0.25) is 4.68 Å². The van der Waals surface area contributed by atoms with Crippen molar-refractivity contribution >= 4 is 54.2 Å². The van der Waals surface area contributed by atoms with Gasteiger partial charge in [0.2, 0.25) is 0 Å². The van der Waals surface area contributed by atoms with E-state index in [9.17, 15) is 0 Å². The van der Waals surface area contributed by atoms with E-state index in [0.717, 1.165) is 30.8 Å². The van der Waals surface area contributed by atoms with Crippen LogP contribution in [0.1, 0.15) is 40.3 Å². The van der Waals surface area contributed by atoms with E-state index in [1.54, 1.807) is 4.88 Å². The first-order valence-electron chi connectivity index (χ1n) is 14.5. The van der Waals surface area contributed by atoms with Crippen molar-refractivity contribution in [2.45, 2.75) is 52.0 Å². The zero-order valence-corrected chi connectivity index (χ0v) is 25.3. The van der Waals surface area contributed by atoms with Crippen molar-refractivity contribution in [1.82, 2.24) is 19.3 Å². The van der Waals surface area contributed by atoms with E-state index in [1.165, 1.54) is 88.6 Å². The van der Waals surface area contributed by atoms with Gasteiger partial charge in [-0.25, -0.2) is 4.98 Å². The molecule has 7 heteroatoms. The molecule has 202 valence electrons. The minimum Gasteiger partial charge on any atom is -0.316 e. The molecule has 0 fully saturated rings. The van der Waals surface area contributed by atoms with Crippen molar-refractivity contribution in [1.29, 1.82) is 0 Å². The number of aromatic nitrogens is 4. The van der Waals surface area contributed by atoms with Gasteiger partial charge in [0.05, 0.1) is 22.0 Å². The van der Waals surface area contributed by atoms with E-state index in [1.807, 2.05) is 40.2 Å². The van der Waals surface area contributed by atoms with E-state index >= 15 is 0 Å². The largest absolute Gasteiger partial charge is 0.316 e. The summed E-state index contributed by atoms with van der Waals surface area (Å²) in [6, 6.07) is 20.7. The van der Waals surface area contributed by atoms with Crippen LogP contribution in [-0.4, -0.2) is 19.3 Å². The fourth-order valence-corrected chi connectivity index (χ4v) is 10.3. The van der Waals surface area contributed by atoms with Gasteiger partial charge in [-0.2, -0.15) is 5.10 Å². The predicted molar refractivity (Wildman–Crippen MR) is 174 cm³/mol. The molecule has 0 N–H and O–H groups in total. The van der Waals surface area contributed by atoms with Crippen molar-refractivity contribution in [3.63, 3.8) is 0 Å². The molecule has 1 aliphatic carbocycles. The summed E-state index contributed by atoms with van der Waals surface area (Å²) < 4.78 is 7.24. The highest BCUT2D eigenvalue weighted by molar-refractivity contribution is 7.27. The molecule has 4 nitrogen and oxygen atoms in total. The standard InChI is InChI=1S/C34H28N4S3/c1-20-18-26-29(39-20)10-3-2-6-21-14-17-37(31(21)26)22-11-12-30-25(19-22)23-7-4-8-24(32(23)40-30)34-36-27-9-5-16-38-28(13-15-35-38)33(27)41-34/h4,7-8,11-15,17-19H,2-3,5-6,9-10,16H2,1H3. The maximum absolute atomic E-state index is 5.21. The third-order valence-electron chi connectivity index (χ3n) is 8.68. The Balaban J connectivity index is 1.19. The molecule has 9 rings (SSSR count). The summed E-state index contributed by atoms with van der Waals surface area (Å²) in [6.45, 7) is 3.21. The molecule has 1 aliphatic heterocycles. The average Bonchev–Trinajstić information content (AvgIpc) is 3.79. The highest BCUT2D eigenvalue weighted by atomic mass is 32.1. The van der Waals surface area contributed by atoms with E-state index in [-0.39, 0.29) is 0 Å². The van der Waals surface area contributed by atoms with Crippen LogP contribution >= 0.6 is 34.0 Å². The Hall–Kier alpha value is -3.52. The van der Waals surface area contributed by atoms with Gasteiger partial charge in [0.25, 0.3) is 0 Å². The van der Waals surface area contributed by atoms with Crippen LogP contribution in [0.25, 0.3) is 58.3 Å². The highest BCUT2D eigenvalue weighted by Gasteiger charge is 2.23. The minimum atomic E-state index is 0.965. The second-order valence-corrected chi connectivity index (χ2v) is 14.7. The molecule has 7 aromatic rings. The molecule has 0 unspecified atom stereocenters. The van der Waals surface area contributed by atoms with Crippen molar-refractivity contribution < 1.29 is 0 Å². The van der Waals surface area contributed by atoms with Crippen molar-refractivity contribution in [2.24, 2.45) is 0 Å². The van der Waals surface area contributed by atoms with Crippen molar-refractivity contribution in [2.75, 3.05) is 0 Å². The first kappa shape index (κ1) is 24.1. The molecule has 0 radical (unpaired) electrons. The summed E-state index contributed by atoms with van der Waals surface area (Å²) in [5, 5.41) is 8.32. The van der Waals surface area contributed by atoms with Crippen molar-refractivity contribution in [3.05, 3.63) is 88.0 Å². The Kier molecular flexibility index (Phi) is 5.44. The number of hydrogen-bond acceptors (Lipinski definition) is 5. The molecule has 0 saturated heterocycles. The number of fused-ring (bicyclic) bond motifs is 9. The predicted octanol–water partition coefficient (Wildman–Crippen LogP) is 9.69. The highest BCUT2D eigenvalue weighted by Crippen LogP contribution is 2.45. The fourth-order valence-electron chi connectivity index (χ4n) is 6.78. The summed E-state index contributed by atoms with van der Waals surface area (Å²) in [6.07, 6.45) is 11.2. The van der Waals surface area contributed by atoms with Crippen LogP contribution in [0.3, 0.4) is 0 Å². The van der Waals surface area contributed by atoms with Gasteiger partial charge in [-0.05, 0) is 87.4 Å². The molecule has 0 spiro atoms. The van der Waals surface area contributed by atoms with Gasteiger partial charge in [-0.1, -0.05) is 18.2 Å². The van der Waals surface area contributed by atoms with Gasteiger partial charge in [-0.15, -0.1) is 34.0 Å². The molecule has 41 heavy (non-hydrogen) atoms. The third kappa shape index (κ3) is 3.75. The fraction of sp³-hybridized carbons (Fsp3) is 0.235. The molecule has 0 atom stereocenters. The Labute approximate surface area is 250 Å². The second kappa shape index (κ2) is 9.24. The molecular formula is C34H28N4S3. The Morgan fingerprint density at radius 3 is 2.76 bits per heavy atom. The summed E-state index contributed by atoms with van der Waals surface area (Å²) >= 11 is 5.69. The van der Waals surface area contributed by atoms with Crippen LogP contribution in [0.5, 0.6) is 0 Å². The van der Waals surface area contributed by atoms with Gasteiger partial charge >= 0.3 is 0 Å². The lowest BCUT2D eigenvalue weighted by atomic mass is 9.97. The molecule has 0 bridgehead atoms. The number of thiazole rings is 1. The number of rotatable bonds is 2. The molecule has 2 aromatic carbocycles. The van der Waals surface area contributed by atoms with E-state index < -0.39 is 0 Å². The maximum atomic E-state index is 5.21. The molecular weight excluding hydrogens is 561 g/mol. The monoisotopic (exact) mass is 588 g/mol. The van der Waals surface area contributed by atoms with Crippen LogP contribution in [0.2, 0.25) is 0 Å². The lowest BCUT2D eigenvalue weighted by molar-refractivity contribution is 0.592. The Bertz CT molecular complexity index is 2110. The Morgan fingerprint density at radius 1 is 0.829 bits per heavy atom. The zero-order valence-electron chi connectivity index (χ0n) is 22.8. The summed E-state index contributed by atoms with van der Waals surface area (Å²) in [7, 11) is 0. The number of benzene rings is 2. The quantitative estimate of drug-likeness (QED) is 0.202. The zero-order chi connectivity index (χ0) is 27.1. The summed E-state index contributed by atoms with van der Waals surface area (Å²) in [5.41, 5.74) is 9.23. The van der Waals surface area contributed by atoms with E-state index in [0.29, 0.717) is 0 Å². The van der Waals surface area contributed by atoms with Gasteiger partial charge in [0, 0.05) is 65.7 Å². The third-order valence-corrected chi connectivity index (χ3v) is 12.2. The topological polar surface area (TPSA) is 35.6 Å². The first-order chi connectivity index (χ1) is 20.2. The second-order valence-electron chi connectivity index (χ2n) is 11.3. The minimum absolute atomic E-state index is 0.965. The van der Waals surface area contributed by atoms with Crippen LogP contribution in [0.4, 0.5) is 0 Å². The van der Waals surface area contributed by atoms with Crippen LogP contribution in [0, 0.1) is 6.92 Å². The number of aryl methyl sites for hydroxylation is 5. The van der Waals surface area contributed by atoms with Crippen LogP contribution in [0.15, 0.2) is 67.0 Å².